The fraction of sp³-hybridized carbons (Fsp3) is 0.556. The predicted octanol–water partition coefficient (Wildman–Crippen LogP) is 1.88. The molecule has 0 aromatic carbocycles. The summed E-state index contributed by atoms with van der Waals surface area (Å²) >= 11 is 1.33. The molecule has 0 radical (unpaired) electrons. The van der Waals surface area contributed by atoms with Crippen LogP contribution in [0, 0.1) is 5.92 Å². The summed E-state index contributed by atoms with van der Waals surface area (Å²) in [6, 6.07) is 0. The molecule has 0 spiro atoms. The smallest absolute Gasteiger partial charge is 0.194 e. The van der Waals surface area contributed by atoms with Gasteiger partial charge in [-0.05, 0) is 19.3 Å². The molecular weight excluding hydrogens is 184 g/mol. The number of rotatable bonds is 3. The fourth-order valence-electron chi connectivity index (χ4n) is 1.24. The van der Waals surface area contributed by atoms with E-state index in [9.17, 15) is 4.79 Å². The molecule has 1 fully saturated rings. The number of Topliss-reactive ketones (excluding diaryl/α,β-unsaturated/α-hetero) is 1. The molecule has 4 heteroatoms. The van der Waals surface area contributed by atoms with Crippen LogP contribution < -0.4 is 5.73 Å². The Balaban J connectivity index is 2.24. The van der Waals surface area contributed by atoms with Crippen molar-refractivity contribution < 1.29 is 4.79 Å². The number of aromatic nitrogens is 1. The van der Waals surface area contributed by atoms with Gasteiger partial charge < -0.3 is 5.73 Å². The van der Waals surface area contributed by atoms with Crippen LogP contribution in [0.4, 0.5) is 5.00 Å². The van der Waals surface area contributed by atoms with Gasteiger partial charge in [0.25, 0.3) is 0 Å². The first-order valence-electron chi connectivity index (χ1n) is 4.51. The molecule has 0 bridgehead atoms. The van der Waals surface area contributed by atoms with E-state index < -0.39 is 0 Å². The second-order valence-electron chi connectivity index (χ2n) is 3.32. The van der Waals surface area contributed by atoms with Crippen molar-refractivity contribution in [2.24, 2.45) is 5.92 Å². The van der Waals surface area contributed by atoms with Crippen molar-refractivity contribution in [3.05, 3.63) is 10.7 Å². The van der Waals surface area contributed by atoms with Crippen LogP contribution in [0.2, 0.25) is 0 Å². The number of carbonyl (C=O) groups is 1. The average Bonchev–Trinajstić information content (AvgIpc) is 2.89. The summed E-state index contributed by atoms with van der Waals surface area (Å²) in [5, 5.41) is 1.31. The molecule has 1 saturated carbocycles. The van der Waals surface area contributed by atoms with Crippen LogP contribution in [0.5, 0.6) is 0 Å². The first kappa shape index (κ1) is 8.69. The van der Waals surface area contributed by atoms with Crippen molar-refractivity contribution in [1.82, 2.24) is 4.98 Å². The third-order valence-electron chi connectivity index (χ3n) is 2.22. The summed E-state index contributed by atoms with van der Waals surface area (Å²) in [6.45, 7) is 2.00. The predicted molar refractivity (Wildman–Crippen MR) is 53.0 cm³/mol. The lowest BCUT2D eigenvalue weighted by Gasteiger charge is -1.89. The molecule has 1 heterocycles. The first-order chi connectivity index (χ1) is 6.22. The van der Waals surface area contributed by atoms with Crippen LogP contribution in [0.25, 0.3) is 0 Å². The topological polar surface area (TPSA) is 56.0 Å². The SMILES string of the molecule is CCc1nc(C(=O)C2CC2)sc1N. The Kier molecular flexibility index (Phi) is 2.07. The number of carbonyl (C=O) groups excluding carboxylic acids is 1. The summed E-state index contributed by atoms with van der Waals surface area (Å²) in [5.41, 5.74) is 6.58. The second kappa shape index (κ2) is 3.10. The van der Waals surface area contributed by atoms with E-state index in [2.05, 4.69) is 4.98 Å². The van der Waals surface area contributed by atoms with Gasteiger partial charge in [0, 0.05) is 5.92 Å². The molecule has 0 unspecified atom stereocenters. The van der Waals surface area contributed by atoms with Crippen LogP contribution in [0.3, 0.4) is 0 Å². The van der Waals surface area contributed by atoms with E-state index in [-0.39, 0.29) is 11.7 Å². The van der Waals surface area contributed by atoms with Gasteiger partial charge in [-0.3, -0.25) is 4.79 Å². The highest BCUT2D eigenvalue weighted by molar-refractivity contribution is 7.17. The number of aryl methyl sites for hydroxylation is 1. The molecule has 0 atom stereocenters. The largest absolute Gasteiger partial charge is 0.389 e. The lowest BCUT2D eigenvalue weighted by Crippen LogP contribution is -2.00. The minimum absolute atomic E-state index is 0.191. The molecule has 0 saturated heterocycles. The van der Waals surface area contributed by atoms with Crippen molar-refractivity contribution >= 4 is 22.1 Å². The van der Waals surface area contributed by atoms with Crippen LogP contribution in [-0.2, 0) is 6.42 Å². The molecule has 0 aliphatic heterocycles. The van der Waals surface area contributed by atoms with E-state index in [1.807, 2.05) is 6.92 Å². The molecule has 1 aliphatic rings. The minimum Gasteiger partial charge on any atom is -0.389 e. The normalized spacial score (nSPS) is 16.1. The zero-order valence-electron chi connectivity index (χ0n) is 7.54. The van der Waals surface area contributed by atoms with Gasteiger partial charge in [-0.2, -0.15) is 0 Å². The molecule has 1 aromatic heterocycles. The molecule has 3 nitrogen and oxygen atoms in total. The summed E-state index contributed by atoms with van der Waals surface area (Å²) in [6.07, 6.45) is 2.86. The van der Waals surface area contributed by atoms with E-state index in [1.165, 1.54) is 11.3 Å². The molecule has 2 N–H and O–H groups in total. The number of nitrogen functional groups attached to an aromatic ring is 1. The highest BCUT2D eigenvalue weighted by atomic mass is 32.1. The van der Waals surface area contributed by atoms with Gasteiger partial charge in [0.05, 0.1) is 5.69 Å². The van der Waals surface area contributed by atoms with Gasteiger partial charge in [0.2, 0.25) is 0 Å². The lowest BCUT2D eigenvalue weighted by molar-refractivity contribution is 0.0967. The van der Waals surface area contributed by atoms with Gasteiger partial charge in [0.1, 0.15) is 5.00 Å². The van der Waals surface area contributed by atoms with Crippen molar-refractivity contribution in [2.45, 2.75) is 26.2 Å². The Labute approximate surface area is 81.0 Å². The molecule has 2 rings (SSSR count). The standard InChI is InChI=1S/C9H12N2OS/c1-2-6-8(10)13-9(11-6)7(12)5-3-4-5/h5H,2-4,10H2,1H3. The minimum atomic E-state index is 0.191. The summed E-state index contributed by atoms with van der Waals surface area (Å²) in [7, 11) is 0. The van der Waals surface area contributed by atoms with Gasteiger partial charge >= 0.3 is 0 Å². The van der Waals surface area contributed by atoms with Gasteiger partial charge in [-0.25, -0.2) is 4.98 Å². The Bertz CT molecular complexity index is 341. The van der Waals surface area contributed by atoms with E-state index in [0.29, 0.717) is 10.0 Å². The first-order valence-corrected chi connectivity index (χ1v) is 5.33. The van der Waals surface area contributed by atoms with Crippen LogP contribution in [-0.4, -0.2) is 10.8 Å². The summed E-state index contributed by atoms with van der Waals surface area (Å²) in [4.78, 5) is 15.8. The quantitative estimate of drug-likeness (QED) is 0.751. The van der Waals surface area contributed by atoms with Crippen molar-refractivity contribution in [1.29, 1.82) is 0 Å². The third-order valence-corrected chi connectivity index (χ3v) is 3.16. The van der Waals surface area contributed by atoms with E-state index >= 15 is 0 Å². The van der Waals surface area contributed by atoms with Crippen molar-refractivity contribution in [2.75, 3.05) is 5.73 Å². The molecule has 13 heavy (non-hydrogen) atoms. The average molecular weight is 196 g/mol. The van der Waals surface area contributed by atoms with Crippen LogP contribution in [0.15, 0.2) is 0 Å². The lowest BCUT2D eigenvalue weighted by atomic mass is 10.3. The van der Waals surface area contributed by atoms with Gasteiger partial charge in [-0.15, -0.1) is 0 Å². The highest BCUT2D eigenvalue weighted by Gasteiger charge is 2.32. The van der Waals surface area contributed by atoms with E-state index in [0.717, 1.165) is 25.0 Å². The fourth-order valence-corrected chi connectivity index (χ4v) is 2.18. The Hall–Kier alpha value is -0.900. The maximum atomic E-state index is 11.6. The molecule has 1 aromatic rings. The highest BCUT2D eigenvalue weighted by Crippen LogP contribution is 2.34. The second-order valence-corrected chi connectivity index (χ2v) is 4.35. The number of hydrogen-bond acceptors (Lipinski definition) is 4. The van der Waals surface area contributed by atoms with Crippen LogP contribution in [0.1, 0.15) is 35.3 Å². The Morgan fingerprint density at radius 1 is 1.69 bits per heavy atom. The van der Waals surface area contributed by atoms with Gasteiger partial charge in [-0.1, -0.05) is 18.3 Å². The molecule has 1 aliphatic carbocycles. The van der Waals surface area contributed by atoms with Crippen LogP contribution >= 0.6 is 11.3 Å². The van der Waals surface area contributed by atoms with E-state index in [4.69, 9.17) is 5.73 Å². The van der Waals surface area contributed by atoms with Gasteiger partial charge in [0.15, 0.2) is 10.8 Å². The monoisotopic (exact) mass is 196 g/mol. The maximum Gasteiger partial charge on any atom is 0.194 e. The van der Waals surface area contributed by atoms with Crippen molar-refractivity contribution in [3.63, 3.8) is 0 Å². The summed E-state index contributed by atoms with van der Waals surface area (Å²) < 4.78 is 0. The number of ketones is 1. The maximum absolute atomic E-state index is 11.6. The zero-order chi connectivity index (χ0) is 9.42. The number of anilines is 1. The molecular formula is C9H12N2OS. The number of thiazole rings is 1. The van der Waals surface area contributed by atoms with E-state index in [1.54, 1.807) is 0 Å². The number of nitrogens with two attached hydrogens (primary N) is 1. The Morgan fingerprint density at radius 3 is 2.85 bits per heavy atom. The zero-order valence-corrected chi connectivity index (χ0v) is 8.36. The molecule has 0 amide bonds. The number of nitrogens with zero attached hydrogens (tertiary/aromatic N) is 1. The summed E-state index contributed by atoms with van der Waals surface area (Å²) in [5.74, 6) is 0.437. The Morgan fingerprint density at radius 2 is 2.38 bits per heavy atom. The number of hydrogen-bond donors (Lipinski definition) is 1. The molecule has 70 valence electrons. The third kappa shape index (κ3) is 1.58. The van der Waals surface area contributed by atoms with Crippen molar-refractivity contribution in [3.8, 4) is 0 Å².